The number of nitrogens with one attached hydrogen (secondary N) is 2. The topological polar surface area (TPSA) is 94.2 Å². The van der Waals surface area contributed by atoms with Gasteiger partial charge in [0.05, 0.1) is 13.2 Å². The van der Waals surface area contributed by atoms with Crippen LogP contribution in [-0.4, -0.2) is 42.0 Å². The van der Waals surface area contributed by atoms with E-state index >= 15 is 0 Å². The SMILES string of the molecule is CCn1nc(NC2CNC2)c(C(=O)OC)c1N. The van der Waals surface area contributed by atoms with Gasteiger partial charge >= 0.3 is 5.97 Å². The molecule has 0 saturated carbocycles. The van der Waals surface area contributed by atoms with E-state index in [4.69, 9.17) is 10.5 Å². The van der Waals surface area contributed by atoms with Gasteiger partial charge in [0.2, 0.25) is 0 Å². The predicted octanol–water partition coefficient (Wildman–Crippen LogP) is -0.344. The summed E-state index contributed by atoms with van der Waals surface area (Å²) in [6, 6.07) is 0.290. The van der Waals surface area contributed by atoms with Crippen LogP contribution >= 0.6 is 0 Å². The van der Waals surface area contributed by atoms with Gasteiger partial charge in [-0.1, -0.05) is 0 Å². The zero-order chi connectivity index (χ0) is 12.4. The van der Waals surface area contributed by atoms with E-state index in [0.29, 0.717) is 23.7 Å². The molecule has 0 aliphatic carbocycles. The van der Waals surface area contributed by atoms with Crippen LogP contribution in [-0.2, 0) is 11.3 Å². The van der Waals surface area contributed by atoms with Gasteiger partial charge in [0, 0.05) is 19.6 Å². The molecule has 17 heavy (non-hydrogen) atoms. The highest BCUT2D eigenvalue weighted by Gasteiger charge is 2.26. The Kier molecular flexibility index (Phi) is 3.19. The van der Waals surface area contributed by atoms with E-state index in [-0.39, 0.29) is 6.04 Å². The lowest BCUT2D eigenvalue weighted by Gasteiger charge is -2.28. The minimum absolute atomic E-state index is 0.290. The van der Waals surface area contributed by atoms with Crippen LogP contribution in [0.5, 0.6) is 0 Å². The van der Waals surface area contributed by atoms with E-state index < -0.39 is 5.97 Å². The molecule has 7 heteroatoms. The molecule has 2 rings (SSSR count). The van der Waals surface area contributed by atoms with Gasteiger partial charge in [-0.3, -0.25) is 0 Å². The smallest absolute Gasteiger partial charge is 0.345 e. The van der Waals surface area contributed by atoms with E-state index in [9.17, 15) is 4.79 Å². The first-order valence-electron chi connectivity index (χ1n) is 5.59. The van der Waals surface area contributed by atoms with E-state index in [0.717, 1.165) is 13.1 Å². The van der Waals surface area contributed by atoms with Gasteiger partial charge in [-0.15, -0.1) is 0 Å². The van der Waals surface area contributed by atoms with Gasteiger partial charge in [0.15, 0.2) is 5.82 Å². The maximum atomic E-state index is 11.7. The number of carbonyl (C=O) groups excluding carboxylic acids is 1. The average Bonchev–Trinajstić information content (AvgIpc) is 2.59. The van der Waals surface area contributed by atoms with Crippen molar-refractivity contribution >= 4 is 17.6 Å². The lowest BCUT2D eigenvalue weighted by molar-refractivity contribution is 0.0603. The summed E-state index contributed by atoms with van der Waals surface area (Å²) in [7, 11) is 1.33. The number of aryl methyl sites for hydroxylation is 1. The Balaban J connectivity index is 2.30. The molecule has 1 aliphatic rings. The lowest BCUT2D eigenvalue weighted by atomic mass is 10.2. The number of methoxy groups -OCH3 is 1. The number of rotatable bonds is 4. The van der Waals surface area contributed by atoms with E-state index in [1.807, 2.05) is 6.92 Å². The highest BCUT2D eigenvalue weighted by molar-refractivity contribution is 5.99. The maximum absolute atomic E-state index is 11.7. The van der Waals surface area contributed by atoms with Crippen molar-refractivity contribution in [1.82, 2.24) is 15.1 Å². The quantitative estimate of drug-likeness (QED) is 0.622. The van der Waals surface area contributed by atoms with Crippen molar-refractivity contribution in [3.05, 3.63) is 5.56 Å². The third kappa shape index (κ3) is 2.05. The Morgan fingerprint density at radius 3 is 2.88 bits per heavy atom. The molecule has 1 aliphatic heterocycles. The number of nitrogen functional groups attached to an aromatic ring is 1. The fourth-order valence-corrected chi connectivity index (χ4v) is 1.70. The number of anilines is 2. The molecule has 94 valence electrons. The number of carbonyl (C=O) groups is 1. The highest BCUT2D eigenvalue weighted by atomic mass is 16.5. The standard InChI is InChI=1S/C10H17N5O2/c1-3-15-8(11)7(10(16)17-2)9(14-15)13-6-4-12-5-6/h6,12H,3-5,11H2,1-2H3,(H,13,14). The number of ether oxygens (including phenoxy) is 1. The number of hydrogen-bond acceptors (Lipinski definition) is 6. The lowest BCUT2D eigenvalue weighted by Crippen LogP contribution is -2.51. The van der Waals surface area contributed by atoms with Crippen molar-refractivity contribution < 1.29 is 9.53 Å². The number of aromatic nitrogens is 2. The monoisotopic (exact) mass is 239 g/mol. The average molecular weight is 239 g/mol. The third-order valence-corrected chi connectivity index (χ3v) is 2.80. The van der Waals surface area contributed by atoms with Gasteiger partial charge in [-0.05, 0) is 6.92 Å². The minimum Gasteiger partial charge on any atom is -0.465 e. The largest absolute Gasteiger partial charge is 0.465 e. The summed E-state index contributed by atoms with van der Waals surface area (Å²) in [6.07, 6.45) is 0. The first-order valence-corrected chi connectivity index (χ1v) is 5.59. The predicted molar refractivity (Wildman–Crippen MR) is 63.9 cm³/mol. The molecular weight excluding hydrogens is 222 g/mol. The summed E-state index contributed by atoms with van der Waals surface area (Å²) in [5, 5.41) is 10.6. The summed E-state index contributed by atoms with van der Waals surface area (Å²) < 4.78 is 6.30. The second-order valence-corrected chi connectivity index (χ2v) is 3.92. The molecule has 1 aromatic heterocycles. The van der Waals surface area contributed by atoms with Crippen LogP contribution in [0.25, 0.3) is 0 Å². The molecule has 0 aromatic carbocycles. The van der Waals surface area contributed by atoms with E-state index in [1.54, 1.807) is 4.68 Å². The molecule has 0 unspecified atom stereocenters. The second-order valence-electron chi connectivity index (χ2n) is 3.92. The molecule has 7 nitrogen and oxygen atoms in total. The van der Waals surface area contributed by atoms with Crippen LogP contribution in [0.15, 0.2) is 0 Å². The van der Waals surface area contributed by atoms with Gasteiger partial charge in [-0.25, -0.2) is 9.48 Å². The number of nitrogens with two attached hydrogens (primary N) is 1. The number of nitrogens with zero attached hydrogens (tertiary/aromatic N) is 2. The normalized spacial score (nSPS) is 15.4. The summed E-state index contributed by atoms with van der Waals surface area (Å²) in [6.45, 7) is 4.25. The second kappa shape index (κ2) is 4.62. The summed E-state index contributed by atoms with van der Waals surface area (Å²) >= 11 is 0. The first kappa shape index (κ1) is 11.7. The van der Waals surface area contributed by atoms with Crippen LogP contribution in [0, 0.1) is 0 Å². The molecule has 0 radical (unpaired) electrons. The Hall–Kier alpha value is -1.76. The van der Waals surface area contributed by atoms with Crippen molar-refractivity contribution in [1.29, 1.82) is 0 Å². The van der Waals surface area contributed by atoms with Crippen LogP contribution in [0.3, 0.4) is 0 Å². The molecular formula is C10H17N5O2. The number of hydrogen-bond donors (Lipinski definition) is 3. The minimum atomic E-state index is -0.461. The molecule has 1 saturated heterocycles. The molecule has 1 aromatic rings. The molecule has 2 heterocycles. The van der Waals surface area contributed by atoms with Crippen molar-refractivity contribution in [2.45, 2.75) is 19.5 Å². The van der Waals surface area contributed by atoms with Crippen molar-refractivity contribution in [2.24, 2.45) is 0 Å². The fourth-order valence-electron chi connectivity index (χ4n) is 1.70. The van der Waals surface area contributed by atoms with Crippen molar-refractivity contribution in [2.75, 3.05) is 31.2 Å². The zero-order valence-corrected chi connectivity index (χ0v) is 9.99. The Morgan fingerprint density at radius 1 is 1.71 bits per heavy atom. The van der Waals surface area contributed by atoms with Gasteiger partial charge in [-0.2, -0.15) is 5.10 Å². The Morgan fingerprint density at radius 2 is 2.41 bits per heavy atom. The fraction of sp³-hybridized carbons (Fsp3) is 0.600. The van der Waals surface area contributed by atoms with Crippen molar-refractivity contribution in [3.8, 4) is 0 Å². The maximum Gasteiger partial charge on any atom is 0.345 e. The Bertz CT molecular complexity index is 425. The molecule has 0 amide bonds. The third-order valence-electron chi connectivity index (χ3n) is 2.80. The first-order chi connectivity index (χ1) is 8.17. The van der Waals surface area contributed by atoms with Crippen LogP contribution in [0.2, 0.25) is 0 Å². The van der Waals surface area contributed by atoms with Gasteiger partial charge < -0.3 is 21.1 Å². The number of esters is 1. The van der Waals surface area contributed by atoms with Crippen molar-refractivity contribution in [3.63, 3.8) is 0 Å². The molecule has 1 fully saturated rings. The van der Waals surface area contributed by atoms with Crippen LogP contribution < -0.4 is 16.4 Å². The summed E-state index contributed by atoms with van der Waals surface area (Å²) in [4.78, 5) is 11.7. The molecule has 0 atom stereocenters. The molecule has 4 N–H and O–H groups in total. The highest BCUT2D eigenvalue weighted by Crippen LogP contribution is 2.23. The summed E-state index contributed by atoms with van der Waals surface area (Å²) in [5.74, 6) is 0.383. The van der Waals surface area contributed by atoms with E-state index in [2.05, 4.69) is 15.7 Å². The molecule has 0 spiro atoms. The zero-order valence-electron chi connectivity index (χ0n) is 9.99. The molecule has 0 bridgehead atoms. The van der Waals surface area contributed by atoms with Gasteiger partial charge in [0.25, 0.3) is 0 Å². The summed E-state index contributed by atoms with van der Waals surface area (Å²) in [5.41, 5.74) is 6.19. The Labute approximate surface area is 99.3 Å². The van der Waals surface area contributed by atoms with Gasteiger partial charge in [0.1, 0.15) is 11.4 Å². The van der Waals surface area contributed by atoms with E-state index in [1.165, 1.54) is 7.11 Å². The van der Waals surface area contributed by atoms with Crippen LogP contribution in [0.4, 0.5) is 11.6 Å². The van der Waals surface area contributed by atoms with Crippen LogP contribution in [0.1, 0.15) is 17.3 Å².